The van der Waals surface area contributed by atoms with Crippen molar-refractivity contribution in [2.24, 2.45) is 0 Å². The minimum Gasteiger partial charge on any atom is -0.378 e. The summed E-state index contributed by atoms with van der Waals surface area (Å²) in [5.41, 5.74) is 0.137. The minimum atomic E-state index is 0. The molecule has 0 radical (unpaired) electrons. The van der Waals surface area contributed by atoms with E-state index in [2.05, 4.69) is 27.7 Å². The molecule has 2 heteroatoms. The van der Waals surface area contributed by atoms with Gasteiger partial charge in [0.15, 0.2) is 0 Å². The van der Waals surface area contributed by atoms with Gasteiger partial charge in [0, 0.05) is 6.61 Å². The summed E-state index contributed by atoms with van der Waals surface area (Å²) in [6, 6.07) is 0. The van der Waals surface area contributed by atoms with Crippen molar-refractivity contribution in [3.63, 3.8) is 0 Å². The van der Waals surface area contributed by atoms with Gasteiger partial charge >= 0.3 is 18.9 Å². The molecule has 0 saturated carbocycles. The van der Waals surface area contributed by atoms with Gasteiger partial charge in [-0.2, -0.15) is 6.42 Å². The topological polar surface area (TPSA) is 9.23 Å². The Hall–Kier alpha value is 0.557. The number of rotatable bonds is 6. The molecule has 12 heavy (non-hydrogen) atoms. The molecule has 0 fully saturated rings. The molecule has 0 spiro atoms. The third-order valence-corrected chi connectivity index (χ3v) is 2.49. The fourth-order valence-corrected chi connectivity index (χ4v) is 1.34. The monoisotopic (exact) mass is 164 g/mol. The molecule has 0 aromatic heterocycles. The van der Waals surface area contributed by atoms with Gasteiger partial charge in [0.2, 0.25) is 0 Å². The van der Waals surface area contributed by atoms with Gasteiger partial charge in [0.25, 0.3) is 0 Å². The van der Waals surface area contributed by atoms with E-state index in [1.165, 1.54) is 0 Å². The molecule has 0 heterocycles. The van der Waals surface area contributed by atoms with Gasteiger partial charge in [0.1, 0.15) is 0 Å². The van der Waals surface area contributed by atoms with Crippen molar-refractivity contribution >= 4 is 0 Å². The Morgan fingerprint density at radius 2 is 1.50 bits per heavy atom. The Kier molecular flexibility index (Phi) is 10.2. The van der Waals surface area contributed by atoms with Gasteiger partial charge in [-0.1, -0.05) is 20.8 Å². The van der Waals surface area contributed by atoms with Crippen LogP contribution in [0.2, 0.25) is 0 Å². The Labute approximate surface area is 89.4 Å². The molecule has 0 rings (SSSR count). The van der Waals surface area contributed by atoms with E-state index in [1.54, 1.807) is 0 Å². The van der Waals surface area contributed by atoms with Crippen LogP contribution < -0.4 is 18.9 Å². The van der Waals surface area contributed by atoms with Gasteiger partial charge in [0.05, 0.1) is 5.60 Å². The molecule has 0 unspecified atom stereocenters. The number of ether oxygens (including phenoxy) is 1. The summed E-state index contributed by atoms with van der Waals surface area (Å²) in [4.78, 5) is 0. The molecule has 0 aliphatic carbocycles. The fourth-order valence-electron chi connectivity index (χ4n) is 1.34. The molecular formula is C10H21LiO. The van der Waals surface area contributed by atoms with Crippen LogP contribution in [0.4, 0.5) is 0 Å². The van der Waals surface area contributed by atoms with Gasteiger partial charge in [-0.25, -0.2) is 0 Å². The third kappa shape index (κ3) is 4.55. The second-order valence-electron chi connectivity index (χ2n) is 2.95. The minimum absolute atomic E-state index is 0. The first-order valence-corrected chi connectivity index (χ1v) is 4.67. The smallest absolute Gasteiger partial charge is 0.378 e. The van der Waals surface area contributed by atoms with Gasteiger partial charge in [-0.3, -0.25) is 0 Å². The second-order valence-corrected chi connectivity index (χ2v) is 2.95. The summed E-state index contributed by atoms with van der Waals surface area (Å²) in [5, 5.41) is 0. The first-order chi connectivity index (χ1) is 5.24. The van der Waals surface area contributed by atoms with Crippen molar-refractivity contribution in [2.45, 2.75) is 52.1 Å². The molecule has 0 N–H and O–H groups in total. The maximum Gasteiger partial charge on any atom is 1.00 e. The zero-order valence-corrected chi connectivity index (χ0v) is 9.15. The summed E-state index contributed by atoms with van der Waals surface area (Å²) < 4.78 is 5.76. The maximum absolute atomic E-state index is 5.76. The van der Waals surface area contributed by atoms with E-state index >= 15 is 0 Å². The van der Waals surface area contributed by atoms with E-state index in [0.717, 1.165) is 32.3 Å². The van der Waals surface area contributed by atoms with Crippen molar-refractivity contribution in [1.29, 1.82) is 0 Å². The number of hydrogen-bond acceptors (Lipinski definition) is 1. The van der Waals surface area contributed by atoms with Crippen molar-refractivity contribution in [2.75, 3.05) is 6.61 Å². The van der Waals surface area contributed by atoms with Crippen LogP contribution in [0.5, 0.6) is 0 Å². The largest absolute Gasteiger partial charge is 1.00 e. The molecule has 0 amide bonds. The molecular weight excluding hydrogens is 143 g/mol. The molecule has 0 atom stereocenters. The van der Waals surface area contributed by atoms with Crippen LogP contribution in [0.15, 0.2) is 0 Å². The van der Waals surface area contributed by atoms with Crippen LogP contribution in [0, 0.1) is 6.92 Å². The molecule has 0 aliphatic heterocycles. The summed E-state index contributed by atoms with van der Waals surface area (Å²) in [6.07, 6.45) is 4.21. The quantitative estimate of drug-likeness (QED) is 0.402. The maximum atomic E-state index is 5.76. The predicted octanol–water partition coefficient (Wildman–Crippen LogP) is 0.200. The van der Waals surface area contributed by atoms with Crippen LogP contribution in [0.3, 0.4) is 0 Å². The molecule has 1 nitrogen and oxygen atoms in total. The van der Waals surface area contributed by atoms with Crippen LogP contribution in [0.1, 0.15) is 46.5 Å². The SMILES string of the molecule is [CH2-]CCOC(CC)(CC)CC.[Li+]. The summed E-state index contributed by atoms with van der Waals surface area (Å²) in [7, 11) is 0. The molecule has 68 valence electrons. The molecule has 0 saturated heterocycles. The van der Waals surface area contributed by atoms with Crippen molar-refractivity contribution in [3.8, 4) is 0 Å². The number of hydrogen-bond donors (Lipinski definition) is 0. The Morgan fingerprint density at radius 1 is 1.08 bits per heavy atom. The second kappa shape index (κ2) is 8.17. The first kappa shape index (κ1) is 15.0. The van der Waals surface area contributed by atoms with Crippen LogP contribution in [0.25, 0.3) is 0 Å². The van der Waals surface area contributed by atoms with E-state index < -0.39 is 0 Å². The molecule has 0 aromatic carbocycles. The molecule has 0 aromatic rings. The first-order valence-electron chi connectivity index (χ1n) is 4.67. The van der Waals surface area contributed by atoms with E-state index in [-0.39, 0.29) is 24.5 Å². The van der Waals surface area contributed by atoms with Gasteiger partial charge in [-0.15, -0.1) is 0 Å². The van der Waals surface area contributed by atoms with E-state index in [0.29, 0.717) is 0 Å². The Balaban J connectivity index is 0. The summed E-state index contributed by atoms with van der Waals surface area (Å²) in [5.74, 6) is 0. The molecule has 0 bridgehead atoms. The Morgan fingerprint density at radius 3 is 1.75 bits per heavy atom. The zero-order chi connectivity index (χ0) is 8.74. The van der Waals surface area contributed by atoms with Crippen LogP contribution in [-0.2, 0) is 4.74 Å². The van der Waals surface area contributed by atoms with Gasteiger partial charge in [-0.05, 0) is 19.3 Å². The summed E-state index contributed by atoms with van der Waals surface area (Å²) in [6.45, 7) is 11.1. The summed E-state index contributed by atoms with van der Waals surface area (Å²) >= 11 is 0. The van der Waals surface area contributed by atoms with Crippen LogP contribution in [-0.4, -0.2) is 12.2 Å². The normalized spacial score (nSPS) is 11.0. The van der Waals surface area contributed by atoms with Crippen LogP contribution >= 0.6 is 0 Å². The zero-order valence-electron chi connectivity index (χ0n) is 9.15. The Bertz CT molecular complexity index is 81.6. The molecule has 0 aliphatic rings. The average Bonchev–Trinajstić information content (AvgIpc) is 2.08. The van der Waals surface area contributed by atoms with E-state index in [9.17, 15) is 0 Å². The van der Waals surface area contributed by atoms with Crippen molar-refractivity contribution in [1.82, 2.24) is 0 Å². The predicted molar refractivity (Wildman–Crippen MR) is 49.5 cm³/mol. The standard InChI is InChI=1S/C10H21O.Li/c1-5-9-11-10(6-2,7-3)8-4;/h1,5-9H2,2-4H3;/q-1;+1. The van der Waals surface area contributed by atoms with Crippen molar-refractivity contribution < 1.29 is 23.6 Å². The van der Waals surface area contributed by atoms with E-state index in [4.69, 9.17) is 4.74 Å². The fraction of sp³-hybridized carbons (Fsp3) is 0.900. The third-order valence-electron chi connectivity index (χ3n) is 2.49. The average molecular weight is 164 g/mol. The van der Waals surface area contributed by atoms with E-state index in [1.807, 2.05) is 0 Å². The van der Waals surface area contributed by atoms with Gasteiger partial charge < -0.3 is 11.7 Å². The van der Waals surface area contributed by atoms with Crippen molar-refractivity contribution in [3.05, 3.63) is 6.92 Å².